The molecule has 0 bridgehead atoms. The Morgan fingerprint density at radius 3 is 2.57 bits per heavy atom. The quantitative estimate of drug-likeness (QED) is 0.456. The molecule has 0 spiro atoms. The number of hydrogen-bond acceptors (Lipinski definition) is 4. The summed E-state index contributed by atoms with van der Waals surface area (Å²) in [5.41, 5.74) is 1.35. The van der Waals surface area contributed by atoms with Crippen molar-refractivity contribution in [1.82, 2.24) is 0 Å². The average molecular weight is 367 g/mol. The monoisotopic (exact) mass is 366 g/mol. The number of methoxy groups -OCH3 is 1. The first-order valence-electron chi connectivity index (χ1n) is 6.44. The highest BCUT2D eigenvalue weighted by molar-refractivity contribution is 9.10. The molecule has 0 N–H and O–H groups in total. The van der Waals surface area contributed by atoms with Crippen LogP contribution in [0.25, 0.3) is 0 Å². The fourth-order valence-corrected chi connectivity index (χ4v) is 3.20. The van der Waals surface area contributed by atoms with Crippen molar-refractivity contribution in [3.05, 3.63) is 57.8 Å². The standard InChI is InChI=1S/C16H15BrO3S/c1-10(17)15(18)12-6-3-5-11(9-12)14(16(19)20-2)13-7-4-8-21-13/h3-10,14H,1-2H3. The number of rotatable bonds is 5. The number of ketones is 1. The van der Waals surface area contributed by atoms with E-state index in [0.29, 0.717) is 5.56 Å². The van der Waals surface area contributed by atoms with Crippen LogP contribution in [0.3, 0.4) is 0 Å². The molecule has 110 valence electrons. The van der Waals surface area contributed by atoms with Crippen LogP contribution < -0.4 is 0 Å². The Balaban J connectivity index is 2.44. The minimum atomic E-state index is -0.492. The Labute approximate surface area is 136 Å². The van der Waals surface area contributed by atoms with Crippen LogP contribution in [0, 0.1) is 0 Å². The lowest BCUT2D eigenvalue weighted by Gasteiger charge is -2.14. The molecule has 0 aliphatic carbocycles. The molecule has 3 nitrogen and oxygen atoms in total. The van der Waals surface area contributed by atoms with E-state index in [1.165, 1.54) is 18.4 Å². The molecular weight excluding hydrogens is 352 g/mol. The molecule has 0 aliphatic rings. The Bertz CT molecular complexity index is 635. The SMILES string of the molecule is COC(=O)C(c1cccc(C(=O)C(C)Br)c1)c1cccs1. The van der Waals surface area contributed by atoms with Gasteiger partial charge in [-0.25, -0.2) is 0 Å². The van der Waals surface area contributed by atoms with Gasteiger partial charge in [0.1, 0.15) is 5.92 Å². The van der Waals surface area contributed by atoms with Gasteiger partial charge in [0.05, 0.1) is 11.9 Å². The van der Waals surface area contributed by atoms with Crippen LogP contribution in [0.5, 0.6) is 0 Å². The summed E-state index contributed by atoms with van der Waals surface area (Å²) in [6, 6.07) is 10.9. The van der Waals surface area contributed by atoms with Crippen LogP contribution in [0.1, 0.15) is 33.6 Å². The van der Waals surface area contributed by atoms with Crippen molar-refractivity contribution < 1.29 is 14.3 Å². The van der Waals surface area contributed by atoms with Crippen LogP contribution in [0.4, 0.5) is 0 Å². The van der Waals surface area contributed by atoms with Gasteiger partial charge in [-0.1, -0.05) is 40.2 Å². The summed E-state index contributed by atoms with van der Waals surface area (Å²) in [6.07, 6.45) is 0. The Morgan fingerprint density at radius 2 is 2.00 bits per heavy atom. The molecule has 2 rings (SSSR count). The molecule has 21 heavy (non-hydrogen) atoms. The van der Waals surface area contributed by atoms with Gasteiger partial charge in [-0.3, -0.25) is 9.59 Å². The molecule has 0 saturated heterocycles. The first-order chi connectivity index (χ1) is 10.0. The largest absolute Gasteiger partial charge is 0.468 e. The third-order valence-corrected chi connectivity index (χ3v) is 4.48. The maximum Gasteiger partial charge on any atom is 0.318 e. The molecule has 2 unspecified atom stereocenters. The van der Waals surface area contributed by atoms with Crippen molar-refractivity contribution in [2.75, 3.05) is 7.11 Å². The van der Waals surface area contributed by atoms with Gasteiger partial charge in [-0.2, -0.15) is 0 Å². The molecule has 0 aliphatic heterocycles. The number of benzene rings is 1. The summed E-state index contributed by atoms with van der Waals surface area (Å²) in [6.45, 7) is 1.78. The van der Waals surface area contributed by atoms with E-state index in [9.17, 15) is 9.59 Å². The van der Waals surface area contributed by atoms with E-state index in [-0.39, 0.29) is 16.6 Å². The second-order valence-corrected chi connectivity index (χ2v) is 6.93. The zero-order valence-electron chi connectivity index (χ0n) is 11.7. The summed E-state index contributed by atoms with van der Waals surface area (Å²) in [5, 5.41) is 1.92. The fraction of sp³-hybridized carbons (Fsp3) is 0.250. The molecule has 5 heteroatoms. The molecular formula is C16H15BrO3S. The van der Waals surface area contributed by atoms with Crippen molar-refractivity contribution in [2.24, 2.45) is 0 Å². The Kier molecular flexibility index (Phi) is 5.31. The third kappa shape index (κ3) is 3.60. The summed E-state index contributed by atoms with van der Waals surface area (Å²) in [4.78, 5) is 24.8. The van der Waals surface area contributed by atoms with Crippen LogP contribution >= 0.6 is 27.3 Å². The van der Waals surface area contributed by atoms with E-state index in [2.05, 4.69) is 15.9 Å². The Hall–Kier alpha value is -1.46. The average Bonchev–Trinajstić information content (AvgIpc) is 3.00. The Morgan fingerprint density at radius 1 is 1.24 bits per heavy atom. The lowest BCUT2D eigenvalue weighted by atomic mass is 9.94. The van der Waals surface area contributed by atoms with Gasteiger partial charge in [-0.05, 0) is 30.0 Å². The number of alkyl halides is 1. The van der Waals surface area contributed by atoms with Crippen LogP contribution in [-0.4, -0.2) is 23.7 Å². The van der Waals surface area contributed by atoms with Gasteiger partial charge in [-0.15, -0.1) is 11.3 Å². The highest BCUT2D eigenvalue weighted by Gasteiger charge is 2.25. The first-order valence-corrected chi connectivity index (χ1v) is 8.23. The number of halogens is 1. The number of carbonyl (C=O) groups excluding carboxylic acids is 2. The van der Waals surface area contributed by atoms with Crippen LogP contribution in [0.15, 0.2) is 41.8 Å². The predicted octanol–water partition coefficient (Wildman–Crippen LogP) is 4.02. The smallest absolute Gasteiger partial charge is 0.318 e. The van der Waals surface area contributed by atoms with Gasteiger partial charge >= 0.3 is 5.97 Å². The van der Waals surface area contributed by atoms with Crippen LogP contribution in [0.2, 0.25) is 0 Å². The van der Waals surface area contributed by atoms with Gasteiger partial charge < -0.3 is 4.74 Å². The molecule has 0 saturated carbocycles. The number of hydrogen-bond donors (Lipinski definition) is 0. The normalized spacial score (nSPS) is 13.5. The summed E-state index contributed by atoms with van der Waals surface area (Å²) in [5.74, 6) is -0.825. The minimum absolute atomic E-state index is 0.00774. The number of thiophene rings is 1. The second kappa shape index (κ2) is 7.00. The second-order valence-electron chi connectivity index (χ2n) is 4.58. The van der Waals surface area contributed by atoms with E-state index in [1.54, 1.807) is 25.1 Å². The van der Waals surface area contributed by atoms with Crippen molar-refractivity contribution in [3.63, 3.8) is 0 Å². The fourth-order valence-electron chi connectivity index (χ4n) is 2.09. The van der Waals surface area contributed by atoms with E-state index >= 15 is 0 Å². The van der Waals surface area contributed by atoms with Crippen LogP contribution in [-0.2, 0) is 9.53 Å². The van der Waals surface area contributed by atoms with Crippen molar-refractivity contribution in [1.29, 1.82) is 0 Å². The number of carbonyl (C=O) groups is 2. The first kappa shape index (κ1) is 15.9. The molecule has 2 atom stereocenters. The van der Waals surface area contributed by atoms with E-state index in [0.717, 1.165) is 10.4 Å². The lowest BCUT2D eigenvalue weighted by molar-refractivity contribution is -0.141. The molecule has 0 radical (unpaired) electrons. The summed E-state index contributed by atoms with van der Waals surface area (Å²) in [7, 11) is 1.37. The minimum Gasteiger partial charge on any atom is -0.468 e. The molecule has 1 aromatic carbocycles. The predicted molar refractivity (Wildman–Crippen MR) is 87.3 cm³/mol. The summed E-state index contributed by atoms with van der Waals surface area (Å²) >= 11 is 4.78. The van der Waals surface area contributed by atoms with Crippen molar-refractivity contribution in [3.8, 4) is 0 Å². The molecule has 2 aromatic rings. The number of ether oxygens (including phenoxy) is 1. The third-order valence-electron chi connectivity index (χ3n) is 3.13. The lowest BCUT2D eigenvalue weighted by Crippen LogP contribution is -2.16. The maximum atomic E-state index is 12.1. The van der Waals surface area contributed by atoms with Crippen molar-refractivity contribution in [2.45, 2.75) is 17.7 Å². The van der Waals surface area contributed by atoms with E-state index in [4.69, 9.17) is 4.74 Å². The topological polar surface area (TPSA) is 43.4 Å². The highest BCUT2D eigenvalue weighted by atomic mass is 79.9. The molecule has 0 fully saturated rings. The highest BCUT2D eigenvalue weighted by Crippen LogP contribution is 2.30. The molecule has 1 aromatic heterocycles. The van der Waals surface area contributed by atoms with E-state index in [1.807, 2.05) is 23.6 Å². The van der Waals surface area contributed by atoms with E-state index < -0.39 is 5.92 Å². The molecule has 0 amide bonds. The summed E-state index contributed by atoms with van der Waals surface area (Å²) < 4.78 is 4.91. The number of Topliss-reactive ketones (excluding diaryl/α,β-unsaturated/α-hetero) is 1. The molecule has 1 heterocycles. The van der Waals surface area contributed by atoms with Gasteiger partial charge in [0, 0.05) is 10.4 Å². The maximum absolute atomic E-state index is 12.1. The zero-order chi connectivity index (χ0) is 15.4. The van der Waals surface area contributed by atoms with Crippen molar-refractivity contribution >= 4 is 39.0 Å². The van der Waals surface area contributed by atoms with Gasteiger partial charge in [0.2, 0.25) is 0 Å². The zero-order valence-corrected chi connectivity index (χ0v) is 14.1. The van der Waals surface area contributed by atoms with Gasteiger partial charge in [0.25, 0.3) is 0 Å². The number of esters is 1. The van der Waals surface area contributed by atoms with Gasteiger partial charge in [0.15, 0.2) is 5.78 Å².